The SMILES string of the molecule is Cc1cc(-c2nc3ccccc3[nH]2)c(C)c(C=S=O)c1N. The predicted octanol–water partition coefficient (Wildman–Crippen LogP) is 2.79. The highest BCUT2D eigenvalue weighted by molar-refractivity contribution is 7.65. The smallest absolute Gasteiger partial charge is 0.138 e. The molecular formula is C16H15N3OS. The fourth-order valence-corrected chi connectivity index (χ4v) is 2.89. The standard InChI is InChI=1S/C16H15N3OS/c1-9-7-11(10(2)12(8-21-20)15(9)17)16-18-13-5-3-4-6-14(13)19-16/h3-8H,17H2,1-2H3,(H,18,19). The van der Waals surface area contributed by atoms with Crippen molar-refractivity contribution in [1.29, 1.82) is 0 Å². The molecule has 0 saturated heterocycles. The number of aryl methyl sites for hydroxylation is 1. The maximum atomic E-state index is 10.9. The maximum Gasteiger partial charge on any atom is 0.138 e. The minimum absolute atomic E-state index is 0.415. The number of imidazole rings is 1. The van der Waals surface area contributed by atoms with Gasteiger partial charge in [-0.15, -0.1) is 0 Å². The Morgan fingerprint density at radius 3 is 2.76 bits per heavy atom. The van der Waals surface area contributed by atoms with Gasteiger partial charge in [-0.2, -0.15) is 0 Å². The number of aromatic amines is 1. The Kier molecular flexibility index (Phi) is 3.35. The minimum Gasteiger partial charge on any atom is -0.398 e. The molecule has 2 aromatic carbocycles. The van der Waals surface area contributed by atoms with Crippen LogP contribution < -0.4 is 5.73 Å². The summed E-state index contributed by atoms with van der Waals surface area (Å²) >= 11 is 0.415. The van der Waals surface area contributed by atoms with Gasteiger partial charge < -0.3 is 10.7 Å². The van der Waals surface area contributed by atoms with Crippen LogP contribution in [0.5, 0.6) is 0 Å². The number of anilines is 1. The Morgan fingerprint density at radius 1 is 1.29 bits per heavy atom. The summed E-state index contributed by atoms with van der Waals surface area (Å²) in [5, 5.41) is 1.55. The summed E-state index contributed by atoms with van der Waals surface area (Å²) in [6.07, 6.45) is 0. The number of H-pyrrole nitrogens is 1. The molecule has 3 N–H and O–H groups in total. The molecule has 0 spiro atoms. The Labute approximate surface area is 126 Å². The van der Waals surface area contributed by atoms with Crippen LogP contribution in [0.4, 0.5) is 5.69 Å². The third-order valence-electron chi connectivity index (χ3n) is 3.69. The highest BCUT2D eigenvalue weighted by atomic mass is 32.1. The van der Waals surface area contributed by atoms with Crippen molar-refractivity contribution >= 4 is 33.3 Å². The number of benzene rings is 2. The number of nitrogens with two attached hydrogens (primary N) is 1. The summed E-state index contributed by atoms with van der Waals surface area (Å²) < 4.78 is 10.9. The van der Waals surface area contributed by atoms with Gasteiger partial charge in [0.25, 0.3) is 0 Å². The van der Waals surface area contributed by atoms with E-state index in [1.54, 1.807) is 5.37 Å². The van der Waals surface area contributed by atoms with Crippen LogP contribution >= 0.6 is 0 Å². The van der Waals surface area contributed by atoms with E-state index in [9.17, 15) is 4.21 Å². The van der Waals surface area contributed by atoms with Crippen LogP contribution in [0.25, 0.3) is 22.4 Å². The van der Waals surface area contributed by atoms with Crippen LogP contribution in [0.15, 0.2) is 30.3 Å². The zero-order valence-corrected chi connectivity index (χ0v) is 12.6. The molecule has 0 radical (unpaired) electrons. The lowest BCUT2D eigenvalue weighted by molar-refractivity contribution is 0.701. The lowest BCUT2D eigenvalue weighted by atomic mass is 9.97. The van der Waals surface area contributed by atoms with Gasteiger partial charge in [0.1, 0.15) is 5.82 Å². The van der Waals surface area contributed by atoms with Crippen LogP contribution in [-0.4, -0.2) is 19.5 Å². The molecule has 106 valence electrons. The molecule has 21 heavy (non-hydrogen) atoms. The van der Waals surface area contributed by atoms with Crippen molar-refractivity contribution in [3.05, 3.63) is 47.0 Å². The zero-order valence-electron chi connectivity index (χ0n) is 11.8. The minimum atomic E-state index is 0.415. The highest BCUT2D eigenvalue weighted by Crippen LogP contribution is 2.30. The average molecular weight is 297 g/mol. The largest absolute Gasteiger partial charge is 0.398 e. The number of hydrogen-bond acceptors (Lipinski definition) is 3. The Morgan fingerprint density at radius 2 is 2.05 bits per heavy atom. The molecule has 0 atom stereocenters. The van der Waals surface area contributed by atoms with Crippen molar-refractivity contribution < 1.29 is 4.21 Å². The molecule has 0 aliphatic carbocycles. The molecule has 4 nitrogen and oxygen atoms in total. The number of rotatable bonds is 2. The lowest BCUT2D eigenvalue weighted by Gasteiger charge is -2.12. The summed E-state index contributed by atoms with van der Waals surface area (Å²) in [5.74, 6) is 0.794. The molecule has 0 aliphatic heterocycles. The summed E-state index contributed by atoms with van der Waals surface area (Å²) in [5.41, 5.74) is 12.3. The molecule has 0 saturated carbocycles. The van der Waals surface area contributed by atoms with E-state index in [-0.39, 0.29) is 0 Å². The molecule has 1 heterocycles. The van der Waals surface area contributed by atoms with E-state index in [4.69, 9.17) is 5.73 Å². The number of nitrogen functional groups attached to an aromatic ring is 1. The number of para-hydroxylation sites is 2. The van der Waals surface area contributed by atoms with Crippen LogP contribution in [0.3, 0.4) is 0 Å². The maximum absolute atomic E-state index is 10.9. The first kappa shape index (κ1) is 13.6. The van der Waals surface area contributed by atoms with Gasteiger partial charge in [0.15, 0.2) is 0 Å². The Balaban J connectivity index is 2.29. The number of nitrogens with zero attached hydrogens (tertiary/aromatic N) is 1. The molecule has 3 rings (SSSR count). The molecule has 0 bridgehead atoms. The van der Waals surface area contributed by atoms with Gasteiger partial charge in [-0.05, 0) is 43.2 Å². The molecule has 5 heteroatoms. The van der Waals surface area contributed by atoms with Crippen molar-refractivity contribution in [2.45, 2.75) is 13.8 Å². The summed E-state index contributed by atoms with van der Waals surface area (Å²) in [6, 6.07) is 9.90. The first-order valence-electron chi connectivity index (χ1n) is 6.58. The second-order valence-corrected chi connectivity index (χ2v) is 5.44. The van der Waals surface area contributed by atoms with Gasteiger partial charge in [-0.1, -0.05) is 12.1 Å². The fraction of sp³-hybridized carbons (Fsp3) is 0.125. The van der Waals surface area contributed by atoms with Crippen LogP contribution in [0.2, 0.25) is 0 Å². The summed E-state index contributed by atoms with van der Waals surface area (Å²) in [7, 11) is 0. The summed E-state index contributed by atoms with van der Waals surface area (Å²) in [4.78, 5) is 7.94. The van der Waals surface area contributed by atoms with Gasteiger partial charge in [-0.25, -0.2) is 9.19 Å². The molecule has 0 unspecified atom stereocenters. The quantitative estimate of drug-likeness (QED) is 0.564. The number of nitrogens with one attached hydrogen (secondary N) is 1. The number of hydrogen-bond donors (Lipinski definition) is 2. The summed E-state index contributed by atoms with van der Waals surface area (Å²) in [6.45, 7) is 3.90. The normalized spacial score (nSPS) is 10.8. The Hall–Kier alpha value is -2.40. The van der Waals surface area contributed by atoms with Crippen molar-refractivity contribution in [3.8, 4) is 11.4 Å². The average Bonchev–Trinajstić information content (AvgIpc) is 2.91. The second-order valence-electron chi connectivity index (χ2n) is 5.01. The van der Waals surface area contributed by atoms with Gasteiger partial charge in [0, 0.05) is 22.2 Å². The molecule has 1 aromatic heterocycles. The first-order chi connectivity index (χ1) is 10.1. The molecule has 0 aliphatic rings. The topological polar surface area (TPSA) is 71.8 Å². The predicted molar refractivity (Wildman–Crippen MR) is 88.7 cm³/mol. The number of fused-ring (bicyclic) bond motifs is 1. The fourth-order valence-electron chi connectivity index (χ4n) is 2.49. The van der Waals surface area contributed by atoms with Crippen molar-refractivity contribution in [2.24, 2.45) is 0 Å². The van der Waals surface area contributed by atoms with Gasteiger partial charge in [0.2, 0.25) is 0 Å². The van der Waals surface area contributed by atoms with E-state index in [0.29, 0.717) is 16.9 Å². The van der Waals surface area contributed by atoms with Crippen LogP contribution in [0, 0.1) is 13.8 Å². The third kappa shape index (κ3) is 2.25. The van der Waals surface area contributed by atoms with E-state index in [0.717, 1.165) is 39.1 Å². The van der Waals surface area contributed by atoms with Crippen molar-refractivity contribution in [1.82, 2.24) is 9.97 Å². The molecule has 0 fully saturated rings. The van der Waals surface area contributed by atoms with Crippen molar-refractivity contribution in [2.75, 3.05) is 5.73 Å². The van der Waals surface area contributed by atoms with Gasteiger partial charge in [0.05, 0.1) is 22.3 Å². The Bertz CT molecular complexity index is 859. The third-order valence-corrected chi connectivity index (χ3v) is 4.03. The van der Waals surface area contributed by atoms with Crippen LogP contribution in [-0.2, 0) is 11.3 Å². The van der Waals surface area contributed by atoms with E-state index in [1.807, 2.05) is 44.2 Å². The monoisotopic (exact) mass is 297 g/mol. The molecule has 0 amide bonds. The van der Waals surface area contributed by atoms with Crippen LogP contribution in [0.1, 0.15) is 16.7 Å². The number of aromatic nitrogens is 2. The van der Waals surface area contributed by atoms with E-state index >= 15 is 0 Å². The van der Waals surface area contributed by atoms with E-state index in [2.05, 4.69) is 9.97 Å². The second kappa shape index (κ2) is 5.18. The van der Waals surface area contributed by atoms with Crippen molar-refractivity contribution in [3.63, 3.8) is 0 Å². The zero-order chi connectivity index (χ0) is 15.0. The van der Waals surface area contributed by atoms with E-state index in [1.165, 1.54) is 0 Å². The molecule has 3 aromatic rings. The first-order valence-corrected chi connectivity index (χ1v) is 7.39. The lowest BCUT2D eigenvalue weighted by Crippen LogP contribution is -2.02. The van der Waals surface area contributed by atoms with Gasteiger partial charge >= 0.3 is 0 Å². The van der Waals surface area contributed by atoms with E-state index < -0.39 is 0 Å². The highest BCUT2D eigenvalue weighted by Gasteiger charge is 2.14. The molecular weight excluding hydrogens is 282 g/mol. The van der Waals surface area contributed by atoms with Gasteiger partial charge in [-0.3, -0.25) is 0 Å².